The van der Waals surface area contributed by atoms with Crippen LogP contribution in [0.1, 0.15) is 40.0 Å². The van der Waals surface area contributed by atoms with Crippen LogP contribution in [-0.4, -0.2) is 11.7 Å². The Morgan fingerprint density at radius 1 is 1.33 bits per heavy atom. The molecule has 1 unspecified atom stereocenters. The lowest BCUT2D eigenvalue weighted by molar-refractivity contribution is 0.340. The number of rotatable bonds is 7. The lowest BCUT2D eigenvalue weighted by Crippen LogP contribution is -2.11. The number of hydrogen-bond donors (Lipinski definition) is 1. The average molecular weight is 208 g/mol. The molecule has 1 nitrogen and oxygen atoms in total. The Morgan fingerprint density at radius 3 is 2.47 bits per heavy atom. The van der Waals surface area contributed by atoms with Gasteiger partial charge in [0.1, 0.15) is 0 Å². The van der Waals surface area contributed by atoms with Crippen molar-refractivity contribution in [1.82, 2.24) is 0 Å². The second-order valence-corrected chi connectivity index (χ2v) is 4.54. The van der Waals surface area contributed by atoms with E-state index in [1.165, 1.54) is 5.57 Å². The van der Waals surface area contributed by atoms with Crippen LogP contribution >= 0.6 is 0 Å². The summed E-state index contributed by atoms with van der Waals surface area (Å²) < 4.78 is 0. The Kier molecular flexibility index (Phi) is 7.06. The number of allylic oxidation sites excluding steroid dienone is 4. The Labute approximate surface area is 94.2 Å². The minimum absolute atomic E-state index is 0.126. The largest absolute Gasteiger partial charge is 0.392 e. The van der Waals surface area contributed by atoms with Crippen LogP contribution in [0.25, 0.3) is 0 Å². The third-order valence-corrected chi connectivity index (χ3v) is 2.62. The van der Waals surface area contributed by atoms with Gasteiger partial charge in [0.2, 0.25) is 0 Å². The van der Waals surface area contributed by atoms with Gasteiger partial charge >= 0.3 is 0 Å². The van der Waals surface area contributed by atoms with Gasteiger partial charge in [-0.1, -0.05) is 36.8 Å². The fourth-order valence-electron chi connectivity index (χ4n) is 1.41. The van der Waals surface area contributed by atoms with Crippen LogP contribution in [0.4, 0.5) is 0 Å². The molecule has 1 atom stereocenters. The first kappa shape index (κ1) is 14.2. The van der Waals surface area contributed by atoms with Crippen molar-refractivity contribution < 1.29 is 5.11 Å². The van der Waals surface area contributed by atoms with E-state index in [2.05, 4.69) is 33.4 Å². The molecule has 1 N–H and O–H groups in total. The van der Waals surface area contributed by atoms with E-state index < -0.39 is 0 Å². The van der Waals surface area contributed by atoms with Crippen LogP contribution in [0.5, 0.6) is 0 Å². The predicted octanol–water partition coefficient (Wildman–Crippen LogP) is 3.86. The molecule has 0 amide bonds. The van der Waals surface area contributed by atoms with Crippen LogP contribution in [0.15, 0.2) is 36.5 Å². The van der Waals surface area contributed by atoms with Crippen LogP contribution < -0.4 is 0 Å². The van der Waals surface area contributed by atoms with E-state index in [0.29, 0.717) is 0 Å². The maximum Gasteiger partial charge on any atom is 0.0612 e. The molecular weight excluding hydrogens is 184 g/mol. The summed E-state index contributed by atoms with van der Waals surface area (Å²) in [6.07, 6.45) is 11.3. The van der Waals surface area contributed by atoms with Crippen molar-refractivity contribution in [2.24, 2.45) is 5.41 Å². The van der Waals surface area contributed by atoms with Crippen LogP contribution in [0, 0.1) is 5.41 Å². The van der Waals surface area contributed by atoms with Crippen LogP contribution in [-0.2, 0) is 0 Å². The molecular formula is C14H24O. The molecule has 0 radical (unpaired) electrons. The van der Waals surface area contributed by atoms with E-state index in [9.17, 15) is 0 Å². The van der Waals surface area contributed by atoms with Crippen molar-refractivity contribution in [2.45, 2.75) is 40.0 Å². The number of hydrogen-bond acceptors (Lipinski definition) is 1. The second-order valence-electron chi connectivity index (χ2n) is 4.54. The summed E-state index contributed by atoms with van der Waals surface area (Å²) in [5.74, 6) is 0. The third-order valence-electron chi connectivity index (χ3n) is 2.62. The van der Waals surface area contributed by atoms with E-state index >= 15 is 0 Å². The van der Waals surface area contributed by atoms with Crippen molar-refractivity contribution in [3.8, 4) is 0 Å². The Bertz CT molecular complexity index is 234. The highest BCUT2D eigenvalue weighted by Gasteiger charge is 2.16. The topological polar surface area (TPSA) is 20.2 Å². The molecule has 0 aliphatic rings. The fourth-order valence-corrected chi connectivity index (χ4v) is 1.41. The van der Waals surface area contributed by atoms with Gasteiger partial charge in [-0.25, -0.2) is 0 Å². The van der Waals surface area contributed by atoms with Gasteiger partial charge in [-0.3, -0.25) is 0 Å². The smallest absolute Gasteiger partial charge is 0.0612 e. The molecule has 15 heavy (non-hydrogen) atoms. The lowest BCUT2D eigenvalue weighted by Gasteiger charge is -2.23. The molecule has 0 fully saturated rings. The van der Waals surface area contributed by atoms with Gasteiger partial charge in [0.25, 0.3) is 0 Å². The van der Waals surface area contributed by atoms with Crippen molar-refractivity contribution >= 4 is 0 Å². The highest BCUT2D eigenvalue weighted by molar-refractivity contribution is 5.01. The van der Waals surface area contributed by atoms with Crippen molar-refractivity contribution in [2.75, 3.05) is 6.61 Å². The summed E-state index contributed by atoms with van der Waals surface area (Å²) >= 11 is 0. The Balaban J connectivity index is 4.12. The molecule has 0 bridgehead atoms. The third kappa shape index (κ3) is 7.15. The highest BCUT2D eigenvalue weighted by Crippen LogP contribution is 2.29. The molecule has 0 aromatic carbocycles. The van der Waals surface area contributed by atoms with Gasteiger partial charge in [-0.2, -0.15) is 0 Å². The zero-order valence-electron chi connectivity index (χ0n) is 10.3. The first-order valence-corrected chi connectivity index (χ1v) is 5.57. The monoisotopic (exact) mass is 208 g/mol. The maximum atomic E-state index is 8.66. The molecule has 1 heteroatoms. The van der Waals surface area contributed by atoms with Crippen LogP contribution in [0.3, 0.4) is 0 Å². The molecule has 0 rings (SSSR count). The molecule has 0 heterocycles. The molecule has 86 valence electrons. The van der Waals surface area contributed by atoms with Crippen molar-refractivity contribution in [3.05, 3.63) is 36.5 Å². The summed E-state index contributed by atoms with van der Waals surface area (Å²) in [4.78, 5) is 0. The average Bonchev–Trinajstić information content (AvgIpc) is 2.18. The molecule has 0 saturated heterocycles. The van der Waals surface area contributed by atoms with Crippen LogP contribution in [0.2, 0.25) is 0 Å². The zero-order chi connectivity index (χ0) is 11.7. The molecule has 0 saturated carbocycles. The normalized spacial score (nSPS) is 14.9. The summed E-state index contributed by atoms with van der Waals surface area (Å²) in [7, 11) is 0. The zero-order valence-corrected chi connectivity index (χ0v) is 10.3. The van der Waals surface area contributed by atoms with E-state index in [1.54, 1.807) is 6.08 Å². The van der Waals surface area contributed by atoms with Crippen molar-refractivity contribution in [3.63, 3.8) is 0 Å². The van der Waals surface area contributed by atoms with Gasteiger partial charge in [0, 0.05) is 0 Å². The minimum atomic E-state index is 0.126. The van der Waals surface area contributed by atoms with Gasteiger partial charge in [-0.05, 0) is 38.5 Å². The highest BCUT2D eigenvalue weighted by atomic mass is 16.2. The van der Waals surface area contributed by atoms with Crippen molar-refractivity contribution in [1.29, 1.82) is 0 Å². The Hall–Kier alpha value is -0.820. The molecule has 0 aromatic rings. The summed E-state index contributed by atoms with van der Waals surface area (Å²) in [6.45, 7) is 10.5. The summed E-state index contributed by atoms with van der Waals surface area (Å²) in [5, 5.41) is 8.66. The Morgan fingerprint density at radius 2 is 2.00 bits per heavy atom. The maximum absolute atomic E-state index is 8.66. The second kappa shape index (κ2) is 7.47. The van der Waals surface area contributed by atoms with Gasteiger partial charge in [0.15, 0.2) is 0 Å². The molecule has 0 aromatic heterocycles. The molecule has 0 aliphatic carbocycles. The minimum Gasteiger partial charge on any atom is -0.392 e. The fraction of sp³-hybridized carbons (Fsp3) is 0.571. The standard InChI is InChI=1S/C14H24O/c1-5-14(4,10-6-7-12-15)11-8-9-13(2)3/h5-7,9,15H,1,8,10-12H2,2-4H3/b7-6+. The van der Waals surface area contributed by atoms with Gasteiger partial charge in [-0.15, -0.1) is 6.58 Å². The van der Waals surface area contributed by atoms with E-state index in [-0.39, 0.29) is 12.0 Å². The van der Waals surface area contributed by atoms with Gasteiger partial charge in [0.05, 0.1) is 6.61 Å². The first-order chi connectivity index (χ1) is 7.04. The molecule has 0 aliphatic heterocycles. The summed E-state index contributed by atoms with van der Waals surface area (Å²) in [6, 6.07) is 0. The van der Waals surface area contributed by atoms with E-state index in [0.717, 1.165) is 19.3 Å². The number of aliphatic hydroxyl groups excluding tert-OH is 1. The SMILES string of the molecule is C=CC(C)(C/C=C/CO)CCC=C(C)C. The molecule has 0 spiro atoms. The summed E-state index contributed by atoms with van der Waals surface area (Å²) in [5.41, 5.74) is 1.52. The lowest BCUT2D eigenvalue weighted by atomic mass is 9.82. The first-order valence-electron chi connectivity index (χ1n) is 5.57. The number of aliphatic hydroxyl groups is 1. The van der Waals surface area contributed by atoms with E-state index in [4.69, 9.17) is 5.11 Å². The van der Waals surface area contributed by atoms with E-state index in [1.807, 2.05) is 12.2 Å². The van der Waals surface area contributed by atoms with Gasteiger partial charge < -0.3 is 5.11 Å². The quantitative estimate of drug-likeness (QED) is 0.630. The predicted molar refractivity (Wildman–Crippen MR) is 67.8 cm³/mol.